The largest absolute Gasteiger partial charge is 0.461 e. The van der Waals surface area contributed by atoms with Crippen LogP contribution in [0.5, 0.6) is 0 Å². The molecule has 2 aliphatic rings. The molecule has 14 heteroatoms. The highest BCUT2D eigenvalue weighted by molar-refractivity contribution is 5.71. The average molecular weight is 831 g/mol. The van der Waals surface area contributed by atoms with Crippen molar-refractivity contribution in [1.82, 2.24) is 29.5 Å². The van der Waals surface area contributed by atoms with Gasteiger partial charge in [-0.25, -0.2) is 14.8 Å². The summed E-state index contributed by atoms with van der Waals surface area (Å²) in [6.45, 7) is 27.1. The second-order valence-corrected chi connectivity index (χ2v) is 19.2. The number of carbonyl (C=O) groups excluding carboxylic acids is 3. The molecule has 0 N–H and O–H groups in total. The first-order chi connectivity index (χ1) is 28.4. The summed E-state index contributed by atoms with van der Waals surface area (Å²) in [6.07, 6.45) is 5.69. The first-order valence-corrected chi connectivity index (χ1v) is 21.8. The van der Waals surface area contributed by atoms with Crippen LogP contribution in [0.4, 0.5) is 16.4 Å². The van der Waals surface area contributed by atoms with E-state index in [-0.39, 0.29) is 54.0 Å². The van der Waals surface area contributed by atoms with E-state index < -0.39 is 6.09 Å². The lowest BCUT2D eigenvalue weighted by Gasteiger charge is -2.28. The van der Waals surface area contributed by atoms with Crippen LogP contribution in [0.3, 0.4) is 0 Å². The molecule has 60 heavy (non-hydrogen) atoms. The third kappa shape index (κ3) is 13.5. The van der Waals surface area contributed by atoms with Crippen molar-refractivity contribution in [1.29, 1.82) is 0 Å². The van der Waals surface area contributed by atoms with Crippen molar-refractivity contribution in [3.8, 4) is 0 Å². The van der Waals surface area contributed by atoms with Gasteiger partial charge in [-0.3, -0.25) is 19.4 Å². The van der Waals surface area contributed by atoms with Crippen molar-refractivity contribution in [2.75, 3.05) is 55.7 Å². The van der Waals surface area contributed by atoms with Crippen LogP contribution in [0, 0.1) is 16.7 Å². The highest BCUT2D eigenvalue weighted by Gasteiger charge is 2.33. The molecule has 0 amide bonds. The number of rotatable bonds is 18. The van der Waals surface area contributed by atoms with Crippen LogP contribution in [0.2, 0.25) is 0 Å². The molecule has 330 valence electrons. The molecular formula is C46H70N8O6. The van der Waals surface area contributed by atoms with E-state index in [1.165, 1.54) is 4.68 Å². The van der Waals surface area contributed by atoms with Crippen LogP contribution in [-0.2, 0) is 50.1 Å². The maximum atomic E-state index is 13.6. The summed E-state index contributed by atoms with van der Waals surface area (Å²) in [5.41, 5.74) is 3.12. The summed E-state index contributed by atoms with van der Waals surface area (Å²) in [5, 5.41) is 4.89. The molecule has 3 aromatic rings. The Morgan fingerprint density at radius 2 is 1.23 bits per heavy atom. The van der Waals surface area contributed by atoms with Gasteiger partial charge in [0, 0.05) is 74.9 Å². The Morgan fingerprint density at radius 3 is 1.68 bits per heavy atom. The lowest BCUT2D eigenvalue weighted by Crippen LogP contribution is -2.38. The Hall–Kier alpha value is -4.56. The van der Waals surface area contributed by atoms with Crippen LogP contribution < -0.4 is 9.80 Å². The first kappa shape index (κ1) is 46.5. The second kappa shape index (κ2) is 20.8. The van der Waals surface area contributed by atoms with E-state index in [0.29, 0.717) is 32.5 Å². The number of anilines is 2. The molecule has 0 bridgehead atoms. The molecule has 14 nitrogen and oxygen atoms in total. The molecule has 5 heterocycles. The van der Waals surface area contributed by atoms with Gasteiger partial charge in [0.1, 0.15) is 24.8 Å². The summed E-state index contributed by atoms with van der Waals surface area (Å²) in [4.78, 5) is 57.5. The van der Waals surface area contributed by atoms with E-state index in [2.05, 4.69) is 39.5 Å². The lowest BCUT2D eigenvalue weighted by atomic mass is 9.92. The summed E-state index contributed by atoms with van der Waals surface area (Å²) >= 11 is 0. The Labute approximate surface area is 357 Å². The van der Waals surface area contributed by atoms with Gasteiger partial charge in [0.15, 0.2) is 0 Å². The number of esters is 2. The van der Waals surface area contributed by atoms with Crippen LogP contribution >= 0.6 is 0 Å². The third-order valence-electron chi connectivity index (χ3n) is 10.9. The Morgan fingerprint density at radius 1 is 0.750 bits per heavy atom. The molecule has 2 atom stereocenters. The zero-order valence-electron chi connectivity index (χ0n) is 37.9. The molecule has 0 aliphatic carbocycles. The maximum absolute atomic E-state index is 13.6. The van der Waals surface area contributed by atoms with Gasteiger partial charge in [-0.1, -0.05) is 81.4 Å². The van der Waals surface area contributed by atoms with E-state index in [4.69, 9.17) is 29.3 Å². The summed E-state index contributed by atoms with van der Waals surface area (Å²) < 4.78 is 18.6. The molecule has 2 saturated heterocycles. The van der Waals surface area contributed by atoms with Gasteiger partial charge >= 0.3 is 18.0 Å². The minimum Gasteiger partial charge on any atom is -0.461 e. The van der Waals surface area contributed by atoms with Gasteiger partial charge in [0.25, 0.3) is 0 Å². The number of hydrogen-bond acceptors (Lipinski definition) is 13. The Balaban J connectivity index is 1.27. The first-order valence-electron chi connectivity index (χ1n) is 21.8. The molecule has 5 rings (SSSR count). The van der Waals surface area contributed by atoms with E-state index in [1.807, 2.05) is 79.7 Å². The smallest absolute Gasteiger partial charge is 0.434 e. The van der Waals surface area contributed by atoms with E-state index in [0.717, 1.165) is 86.3 Å². The number of nitrogens with zero attached hydrogens (tertiary/aromatic N) is 8. The molecule has 3 aromatic heterocycles. The number of ether oxygens (including phenoxy) is 3. The van der Waals surface area contributed by atoms with Crippen molar-refractivity contribution in [3.63, 3.8) is 0 Å². The molecule has 0 unspecified atom stereocenters. The molecular weight excluding hydrogens is 761 g/mol. The summed E-state index contributed by atoms with van der Waals surface area (Å²) in [6, 6.07) is 10.2. The van der Waals surface area contributed by atoms with Crippen molar-refractivity contribution in [2.24, 2.45) is 16.7 Å². The fraction of sp³-hybridized carbons (Fsp3) is 0.652. The van der Waals surface area contributed by atoms with Gasteiger partial charge in [0.2, 0.25) is 0 Å². The van der Waals surface area contributed by atoms with Crippen LogP contribution in [0.1, 0.15) is 117 Å². The minimum absolute atomic E-state index is 0.142. The standard InChI is InChI=1S/C46H70N8O6/c1-11-50(37-17-21-52(27-37)42-34(15-13-19-47-42)31-58-40(55)24-45(5,6)7)26-36-23-39(54(49-36)44(57)60-30-33(3)4)29-51(12-2)38-18-22-53(28-38)43-35(16-14-20-48-43)32-59-41(56)25-46(8,9)10/h13-16,19-20,23,33,37-38H,11-12,17-18,21-22,24-32H2,1-10H3/t37-,38-/m1/s1. The topological polar surface area (TPSA) is 135 Å². The molecule has 2 aliphatic heterocycles. The Bertz CT molecular complexity index is 1880. The van der Waals surface area contributed by atoms with E-state index in [1.54, 1.807) is 12.4 Å². The number of hydrogen-bond donors (Lipinski definition) is 0. The monoisotopic (exact) mass is 831 g/mol. The molecule has 0 spiro atoms. The summed E-state index contributed by atoms with van der Waals surface area (Å²) in [7, 11) is 0. The molecule has 0 aromatic carbocycles. The van der Waals surface area contributed by atoms with Crippen molar-refractivity contribution in [2.45, 2.75) is 133 Å². The van der Waals surface area contributed by atoms with Gasteiger partial charge < -0.3 is 24.0 Å². The normalized spacial score (nSPS) is 17.3. The number of aromatic nitrogens is 4. The van der Waals surface area contributed by atoms with E-state index in [9.17, 15) is 14.4 Å². The number of likely N-dealkylation sites (N-methyl/N-ethyl adjacent to an activating group) is 2. The highest BCUT2D eigenvalue weighted by Crippen LogP contribution is 2.29. The lowest BCUT2D eigenvalue weighted by molar-refractivity contribution is -0.148. The van der Waals surface area contributed by atoms with Gasteiger partial charge in [0.05, 0.1) is 30.8 Å². The zero-order valence-corrected chi connectivity index (χ0v) is 37.9. The van der Waals surface area contributed by atoms with Crippen LogP contribution in [-0.4, -0.2) is 106 Å². The van der Waals surface area contributed by atoms with Gasteiger partial charge in [-0.15, -0.1) is 0 Å². The summed E-state index contributed by atoms with van der Waals surface area (Å²) in [5.74, 6) is 1.46. The number of carbonyl (C=O) groups is 3. The molecule has 0 radical (unpaired) electrons. The highest BCUT2D eigenvalue weighted by atomic mass is 16.6. The molecule has 0 saturated carbocycles. The maximum Gasteiger partial charge on any atom is 0.434 e. The van der Waals surface area contributed by atoms with Gasteiger partial charge in [-0.2, -0.15) is 9.78 Å². The van der Waals surface area contributed by atoms with Crippen molar-refractivity contribution < 1.29 is 28.6 Å². The van der Waals surface area contributed by atoms with Gasteiger partial charge in [-0.05, 0) is 60.9 Å². The molecule has 2 fully saturated rings. The van der Waals surface area contributed by atoms with Crippen LogP contribution in [0.15, 0.2) is 42.7 Å². The SMILES string of the molecule is CCN(Cc1cc(CN(CC)[C@@H]2CCN(c3ncccc3COC(=O)CC(C)(C)C)C2)n(C(=O)OCC(C)C)n1)[C@@H]1CCN(c2ncccc2COC(=O)CC(C)(C)C)C1. The predicted octanol–water partition coefficient (Wildman–Crippen LogP) is 7.47. The third-order valence-corrected chi connectivity index (χ3v) is 10.9. The quantitative estimate of drug-likeness (QED) is 0.0928. The minimum atomic E-state index is -0.464. The van der Waals surface area contributed by atoms with E-state index >= 15 is 0 Å². The predicted molar refractivity (Wildman–Crippen MR) is 233 cm³/mol. The average Bonchev–Trinajstić information content (AvgIpc) is 3.96. The number of pyridine rings is 2. The Kier molecular flexibility index (Phi) is 16.1. The van der Waals surface area contributed by atoms with Crippen molar-refractivity contribution >= 4 is 29.7 Å². The van der Waals surface area contributed by atoms with Crippen molar-refractivity contribution in [3.05, 3.63) is 65.2 Å². The second-order valence-electron chi connectivity index (χ2n) is 19.2. The zero-order chi connectivity index (χ0) is 43.6. The van der Waals surface area contributed by atoms with Crippen LogP contribution in [0.25, 0.3) is 0 Å². The fourth-order valence-electron chi connectivity index (χ4n) is 7.94. The fourth-order valence-corrected chi connectivity index (χ4v) is 7.94.